The highest BCUT2D eigenvalue weighted by Gasteiger charge is 2.33. The number of nitrogens with one attached hydrogen (secondary N) is 1. The lowest BCUT2D eigenvalue weighted by atomic mass is 9.99. The molecule has 1 saturated heterocycles. The third kappa shape index (κ3) is 6.15. The number of amides is 1. The van der Waals surface area contributed by atoms with Gasteiger partial charge in [0.1, 0.15) is 0 Å². The van der Waals surface area contributed by atoms with Crippen LogP contribution < -0.4 is 5.32 Å². The molecular weight excluding hydrogens is 392 g/mol. The average Bonchev–Trinajstić information content (AvgIpc) is 2.58. The lowest BCUT2D eigenvalue weighted by molar-refractivity contribution is -0.125. The second-order valence-corrected chi connectivity index (χ2v) is 11.7. The fourth-order valence-corrected chi connectivity index (χ4v) is 5.27. The van der Waals surface area contributed by atoms with Gasteiger partial charge >= 0.3 is 0 Å². The Hall–Kier alpha value is -0.760. The Balaban J connectivity index is 1.93. The number of rotatable bonds is 6. The van der Waals surface area contributed by atoms with Gasteiger partial charge in [-0.1, -0.05) is 32.4 Å². The largest absolute Gasteiger partial charge is 0.355 e. The molecule has 0 bridgehead atoms. The van der Waals surface area contributed by atoms with Gasteiger partial charge in [-0.2, -0.15) is 16.1 Å². The first-order chi connectivity index (χ1) is 12.1. The monoisotopic (exact) mass is 418 g/mol. The Bertz CT molecular complexity index is 715. The van der Waals surface area contributed by atoms with Crippen LogP contribution in [0.1, 0.15) is 33.6 Å². The number of hydrogen-bond donors (Lipinski definition) is 1. The van der Waals surface area contributed by atoms with Crippen molar-refractivity contribution in [1.82, 2.24) is 9.62 Å². The summed E-state index contributed by atoms with van der Waals surface area (Å²) >= 11 is 7.63. The fraction of sp³-hybridized carbons (Fsp3) is 0.611. The van der Waals surface area contributed by atoms with Crippen LogP contribution in [0, 0.1) is 5.92 Å². The van der Waals surface area contributed by atoms with Crippen LogP contribution in [0.4, 0.5) is 0 Å². The maximum atomic E-state index is 12.8. The van der Waals surface area contributed by atoms with Gasteiger partial charge in [0.25, 0.3) is 0 Å². The van der Waals surface area contributed by atoms with E-state index in [2.05, 4.69) is 26.1 Å². The summed E-state index contributed by atoms with van der Waals surface area (Å²) in [6.45, 7) is 7.68. The summed E-state index contributed by atoms with van der Waals surface area (Å²) in [5.41, 5.74) is 0. The molecule has 0 aromatic heterocycles. The standard InChI is InChI=1S/C18H27ClN2O3S2/c1-18(2,3)25-12-10-20-17(22)14-5-4-11-21(13-14)26(23,24)16-8-6-15(19)7-9-16/h6-9,14H,4-5,10-13H2,1-3H3,(H,20,22)/t14-/m1/s1. The molecular formula is C18H27ClN2O3S2. The fourth-order valence-electron chi connectivity index (χ4n) is 2.81. The molecule has 0 radical (unpaired) electrons. The van der Waals surface area contributed by atoms with Crippen LogP contribution in [0.5, 0.6) is 0 Å². The molecule has 1 aliphatic heterocycles. The molecule has 1 aliphatic rings. The zero-order valence-corrected chi connectivity index (χ0v) is 17.9. The van der Waals surface area contributed by atoms with E-state index in [1.54, 1.807) is 23.9 Å². The van der Waals surface area contributed by atoms with Gasteiger partial charge in [-0.05, 0) is 37.1 Å². The van der Waals surface area contributed by atoms with Gasteiger partial charge in [-0.15, -0.1) is 0 Å². The minimum absolute atomic E-state index is 0.0597. The van der Waals surface area contributed by atoms with Crippen LogP contribution in [0.3, 0.4) is 0 Å². The molecule has 2 rings (SSSR count). The van der Waals surface area contributed by atoms with Crippen LogP contribution in [0.2, 0.25) is 5.02 Å². The molecule has 8 heteroatoms. The SMILES string of the molecule is CC(C)(C)SCCNC(=O)[C@@H]1CCCN(S(=O)(=O)c2ccc(Cl)cc2)C1. The highest BCUT2D eigenvalue weighted by Crippen LogP contribution is 2.25. The van der Waals surface area contributed by atoms with E-state index in [0.29, 0.717) is 31.0 Å². The molecule has 0 unspecified atom stereocenters. The average molecular weight is 419 g/mol. The van der Waals surface area contributed by atoms with Crippen molar-refractivity contribution in [2.24, 2.45) is 5.92 Å². The summed E-state index contributed by atoms with van der Waals surface area (Å²) in [7, 11) is -3.60. The van der Waals surface area contributed by atoms with Crippen molar-refractivity contribution in [2.75, 3.05) is 25.4 Å². The van der Waals surface area contributed by atoms with Crippen molar-refractivity contribution < 1.29 is 13.2 Å². The molecule has 1 heterocycles. The summed E-state index contributed by atoms with van der Waals surface area (Å²) in [5.74, 6) is 0.482. The van der Waals surface area contributed by atoms with Gasteiger partial charge in [-0.3, -0.25) is 4.79 Å². The van der Waals surface area contributed by atoms with Gasteiger partial charge in [0.15, 0.2) is 0 Å². The molecule has 0 saturated carbocycles. The first kappa shape index (κ1) is 21.5. The van der Waals surface area contributed by atoms with E-state index >= 15 is 0 Å². The summed E-state index contributed by atoms with van der Waals surface area (Å²) in [6.07, 6.45) is 1.40. The quantitative estimate of drug-likeness (QED) is 0.719. The normalized spacial score (nSPS) is 19.3. The van der Waals surface area contributed by atoms with E-state index in [1.165, 1.54) is 16.4 Å². The Labute approximate surface area is 165 Å². The molecule has 0 aliphatic carbocycles. The van der Waals surface area contributed by atoms with Crippen molar-refractivity contribution in [2.45, 2.75) is 43.3 Å². The third-order valence-corrected chi connectivity index (χ3v) is 7.55. The smallest absolute Gasteiger partial charge is 0.243 e. The number of carbonyl (C=O) groups is 1. The second-order valence-electron chi connectivity index (χ2n) is 7.41. The zero-order valence-electron chi connectivity index (χ0n) is 15.5. The molecule has 0 spiro atoms. The van der Waals surface area contributed by atoms with Gasteiger partial charge in [0, 0.05) is 35.2 Å². The van der Waals surface area contributed by atoms with Crippen molar-refractivity contribution in [3.8, 4) is 0 Å². The second kappa shape index (κ2) is 8.95. The molecule has 26 heavy (non-hydrogen) atoms. The summed E-state index contributed by atoms with van der Waals surface area (Å²) in [4.78, 5) is 12.6. The Morgan fingerprint density at radius 1 is 1.31 bits per heavy atom. The molecule has 1 atom stereocenters. The Morgan fingerprint density at radius 3 is 2.58 bits per heavy atom. The zero-order chi connectivity index (χ0) is 19.4. The third-order valence-electron chi connectivity index (χ3n) is 4.14. The first-order valence-electron chi connectivity index (χ1n) is 8.77. The summed E-state index contributed by atoms with van der Waals surface area (Å²) in [6, 6.07) is 6.14. The van der Waals surface area contributed by atoms with Crippen molar-refractivity contribution in [1.29, 1.82) is 0 Å². The number of halogens is 1. The number of benzene rings is 1. The van der Waals surface area contributed by atoms with Gasteiger partial charge in [0.2, 0.25) is 15.9 Å². The number of carbonyl (C=O) groups excluding carboxylic acids is 1. The van der Waals surface area contributed by atoms with Gasteiger partial charge < -0.3 is 5.32 Å². The number of piperidine rings is 1. The molecule has 1 aromatic rings. The van der Waals surface area contributed by atoms with Crippen molar-refractivity contribution in [3.63, 3.8) is 0 Å². The van der Waals surface area contributed by atoms with E-state index in [4.69, 9.17) is 11.6 Å². The predicted octanol–water partition coefficient (Wildman–Crippen LogP) is 3.39. The van der Waals surface area contributed by atoms with E-state index < -0.39 is 10.0 Å². The van der Waals surface area contributed by atoms with E-state index in [9.17, 15) is 13.2 Å². The van der Waals surface area contributed by atoms with Crippen LogP contribution >= 0.6 is 23.4 Å². The number of sulfonamides is 1. The summed E-state index contributed by atoms with van der Waals surface area (Å²) < 4.78 is 27.1. The van der Waals surface area contributed by atoms with Crippen molar-refractivity contribution >= 4 is 39.3 Å². The molecule has 146 valence electrons. The number of nitrogens with zero attached hydrogens (tertiary/aromatic N) is 1. The minimum atomic E-state index is -3.60. The van der Waals surface area contributed by atoms with E-state index in [-0.39, 0.29) is 28.0 Å². The van der Waals surface area contributed by atoms with Crippen LogP contribution in [0.15, 0.2) is 29.2 Å². The lowest BCUT2D eigenvalue weighted by Crippen LogP contribution is -2.45. The topological polar surface area (TPSA) is 66.5 Å². The molecule has 1 amide bonds. The number of hydrogen-bond acceptors (Lipinski definition) is 4. The Morgan fingerprint density at radius 2 is 1.96 bits per heavy atom. The highest BCUT2D eigenvalue weighted by atomic mass is 35.5. The molecule has 1 fully saturated rings. The van der Waals surface area contributed by atoms with E-state index in [1.807, 2.05) is 0 Å². The van der Waals surface area contributed by atoms with Crippen LogP contribution in [-0.4, -0.2) is 48.8 Å². The maximum Gasteiger partial charge on any atom is 0.243 e. The molecule has 1 N–H and O–H groups in total. The van der Waals surface area contributed by atoms with Crippen molar-refractivity contribution in [3.05, 3.63) is 29.3 Å². The van der Waals surface area contributed by atoms with Gasteiger partial charge in [-0.25, -0.2) is 8.42 Å². The number of thioether (sulfide) groups is 1. The highest BCUT2D eigenvalue weighted by molar-refractivity contribution is 8.00. The van der Waals surface area contributed by atoms with Gasteiger partial charge in [0.05, 0.1) is 10.8 Å². The molecule has 1 aromatic carbocycles. The van der Waals surface area contributed by atoms with E-state index in [0.717, 1.165) is 5.75 Å². The summed E-state index contributed by atoms with van der Waals surface area (Å²) in [5, 5.41) is 3.44. The lowest BCUT2D eigenvalue weighted by Gasteiger charge is -2.31. The minimum Gasteiger partial charge on any atom is -0.355 e. The predicted molar refractivity (Wildman–Crippen MR) is 108 cm³/mol. The maximum absolute atomic E-state index is 12.8. The first-order valence-corrected chi connectivity index (χ1v) is 11.6. The Kier molecular flexibility index (Phi) is 7.42. The molecule has 5 nitrogen and oxygen atoms in total. The van der Waals surface area contributed by atoms with Crippen LogP contribution in [-0.2, 0) is 14.8 Å². The van der Waals surface area contributed by atoms with Crippen LogP contribution in [0.25, 0.3) is 0 Å².